The molecule has 0 aliphatic carbocycles. The summed E-state index contributed by atoms with van der Waals surface area (Å²) in [6.45, 7) is 0. The zero-order chi connectivity index (χ0) is 17.2. The molecule has 0 aliphatic rings. The standard InChI is InChI=1S/C17H16N6OS/c1-22-15(12-4-6-14(24-2)7-5-12)20-21-17(22)25-11-13-10-23-9-3-8-18-16(23)19-13/h3-10H,11H2,1-2H3. The van der Waals surface area contributed by atoms with E-state index in [1.807, 2.05) is 58.7 Å². The topological polar surface area (TPSA) is 70.1 Å². The van der Waals surface area contributed by atoms with Crippen LogP contribution in [0.2, 0.25) is 0 Å². The van der Waals surface area contributed by atoms with Gasteiger partial charge in [0.25, 0.3) is 0 Å². The lowest BCUT2D eigenvalue weighted by atomic mass is 10.2. The largest absolute Gasteiger partial charge is 0.497 e. The van der Waals surface area contributed by atoms with Gasteiger partial charge in [0.1, 0.15) is 5.75 Å². The van der Waals surface area contributed by atoms with E-state index in [1.54, 1.807) is 25.1 Å². The van der Waals surface area contributed by atoms with Gasteiger partial charge in [-0.1, -0.05) is 11.8 Å². The van der Waals surface area contributed by atoms with Crippen LogP contribution in [0, 0.1) is 0 Å². The summed E-state index contributed by atoms with van der Waals surface area (Å²) in [5.74, 6) is 3.05. The quantitative estimate of drug-likeness (QED) is 0.515. The van der Waals surface area contributed by atoms with Crippen molar-refractivity contribution in [2.24, 2.45) is 7.05 Å². The van der Waals surface area contributed by atoms with Crippen LogP contribution in [0.25, 0.3) is 17.2 Å². The highest BCUT2D eigenvalue weighted by molar-refractivity contribution is 7.98. The maximum Gasteiger partial charge on any atom is 0.233 e. The molecule has 0 radical (unpaired) electrons. The number of aromatic nitrogens is 6. The average Bonchev–Trinajstić information content (AvgIpc) is 3.23. The first kappa shape index (κ1) is 15.6. The molecule has 0 unspecified atom stereocenters. The van der Waals surface area contributed by atoms with Crippen molar-refractivity contribution in [2.75, 3.05) is 7.11 Å². The van der Waals surface area contributed by atoms with Gasteiger partial charge in [0.05, 0.1) is 12.8 Å². The van der Waals surface area contributed by atoms with Crippen LogP contribution < -0.4 is 4.74 Å². The van der Waals surface area contributed by atoms with Crippen LogP contribution in [0.15, 0.2) is 54.1 Å². The summed E-state index contributed by atoms with van der Waals surface area (Å²) < 4.78 is 9.09. The lowest BCUT2D eigenvalue weighted by Crippen LogP contribution is -1.95. The van der Waals surface area contributed by atoms with Crippen molar-refractivity contribution in [3.63, 3.8) is 0 Å². The maximum atomic E-state index is 5.19. The number of hydrogen-bond donors (Lipinski definition) is 0. The van der Waals surface area contributed by atoms with Gasteiger partial charge in [-0.15, -0.1) is 10.2 Å². The number of methoxy groups -OCH3 is 1. The van der Waals surface area contributed by atoms with Gasteiger partial charge in [0, 0.05) is 37.0 Å². The summed E-state index contributed by atoms with van der Waals surface area (Å²) in [4.78, 5) is 8.73. The fraction of sp³-hybridized carbons (Fsp3) is 0.176. The lowest BCUT2D eigenvalue weighted by molar-refractivity contribution is 0.415. The number of fused-ring (bicyclic) bond motifs is 1. The van der Waals surface area contributed by atoms with Crippen molar-refractivity contribution in [1.82, 2.24) is 29.1 Å². The zero-order valence-corrected chi connectivity index (χ0v) is 14.6. The monoisotopic (exact) mass is 352 g/mol. The Hall–Kier alpha value is -2.87. The molecule has 0 fully saturated rings. The third kappa shape index (κ3) is 3.08. The van der Waals surface area contributed by atoms with E-state index in [1.165, 1.54) is 0 Å². The van der Waals surface area contributed by atoms with Gasteiger partial charge < -0.3 is 9.30 Å². The number of nitrogens with zero attached hydrogens (tertiary/aromatic N) is 6. The molecule has 8 heteroatoms. The van der Waals surface area contributed by atoms with Crippen LogP contribution in [0.1, 0.15) is 5.69 Å². The van der Waals surface area contributed by atoms with Crippen LogP contribution in [0.3, 0.4) is 0 Å². The van der Waals surface area contributed by atoms with E-state index in [4.69, 9.17) is 4.74 Å². The van der Waals surface area contributed by atoms with Gasteiger partial charge in [-0.25, -0.2) is 9.97 Å². The Balaban J connectivity index is 1.52. The first-order valence-electron chi connectivity index (χ1n) is 7.70. The smallest absolute Gasteiger partial charge is 0.233 e. The number of rotatable bonds is 5. The molecule has 0 aliphatic heterocycles. The predicted molar refractivity (Wildman–Crippen MR) is 95.5 cm³/mol. The highest BCUT2D eigenvalue weighted by Crippen LogP contribution is 2.26. The molecule has 7 nitrogen and oxygen atoms in total. The third-order valence-corrected chi connectivity index (χ3v) is 4.87. The summed E-state index contributed by atoms with van der Waals surface area (Å²) in [5, 5.41) is 9.45. The SMILES string of the molecule is COc1ccc(-c2nnc(SCc3cn4cccnc4n3)n2C)cc1. The molecule has 25 heavy (non-hydrogen) atoms. The minimum atomic E-state index is 0.704. The molecule has 0 atom stereocenters. The first-order valence-corrected chi connectivity index (χ1v) is 8.68. The normalized spacial score (nSPS) is 11.1. The highest BCUT2D eigenvalue weighted by atomic mass is 32.2. The summed E-state index contributed by atoms with van der Waals surface area (Å²) in [6, 6.07) is 9.67. The number of thioether (sulfide) groups is 1. The Morgan fingerprint density at radius 3 is 2.76 bits per heavy atom. The van der Waals surface area contributed by atoms with E-state index in [9.17, 15) is 0 Å². The first-order chi connectivity index (χ1) is 12.2. The summed E-state index contributed by atoms with van der Waals surface area (Å²) in [6.07, 6.45) is 5.66. The van der Waals surface area contributed by atoms with Crippen molar-refractivity contribution in [1.29, 1.82) is 0 Å². The molecular weight excluding hydrogens is 336 g/mol. The second kappa shape index (κ2) is 6.56. The summed E-state index contributed by atoms with van der Waals surface area (Å²) >= 11 is 1.60. The van der Waals surface area contributed by atoms with Crippen molar-refractivity contribution in [3.05, 3.63) is 54.6 Å². The minimum Gasteiger partial charge on any atom is -0.497 e. The highest BCUT2D eigenvalue weighted by Gasteiger charge is 2.12. The van der Waals surface area contributed by atoms with E-state index >= 15 is 0 Å². The van der Waals surface area contributed by atoms with Crippen LogP contribution in [-0.2, 0) is 12.8 Å². The molecule has 1 aromatic carbocycles. The van der Waals surface area contributed by atoms with Gasteiger partial charge in [-0.2, -0.15) is 0 Å². The molecule has 0 spiro atoms. The second-order valence-corrected chi connectivity index (χ2v) is 6.38. The van der Waals surface area contributed by atoms with Crippen molar-refractivity contribution < 1.29 is 4.74 Å². The Bertz CT molecular complexity index is 975. The molecule has 0 bridgehead atoms. The molecule has 0 saturated carbocycles. The molecule has 4 rings (SSSR count). The summed E-state index contributed by atoms with van der Waals surface area (Å²) in [5.41, 5.74) is 1.96. The Labute approximate surface area is 148 Å². The predicted octanol–water partition coefficient (Wildman–Crippen LogP) is 2.83. The fourth-order valence-corrected chi connectivity index (χ4v) is 3.31. The number of benzene rings is 1. The van der Waals surface area contributed by atoms with E-state index < -0.39 is 0 Å². The van der Waals surface area contributed by atoms with Crippen molar-refractivity contribution in [2.45, 2.75) is 10.9 Å². The molecule has 3 aromatic heterocycles. The van der Waals surface area contributed by atoms with Gasteiger partial charge in [-0.05, 0) is 30.3 Å². The van der Waals surface area contributed by atoms with Crippen LogP contribution in [-0.4, -0.2) is 36.2 Å². The number of imidazole rings is 1. The van der Waals surface area contributed by atoms with Crippen LogP contribution in [0.5, 0.6) is 5.75 Å². The van der Waals surface area contributed by atoms with E-state index in [2.05, 4.69) is 20.2 Å². The van der Waals surface area contributed by atoms with Crippen molar-refractivity contribution in [3.8, 4) is 17.1 Å². The van der Waals surface area contributed by atoms with E-state index in [0.29, 0.717) is 11.5 Å². The number of hydrogen-bond acceptors (Lipinski definition) is 6. The molecular formula is C17H16N6OS. The van der Waals surface area contributed by atoms with E-state index in [0.717, 1.165) is 28.0 Å². The van der Waals surface area contributed by atoms with Crippen molar-refractivity contribution >= 4 is 17.5 Å². The van der Waals surface area contributed by atoms with Crippen LogP contribution in [0.4, 0.5) is 0 Å². The Kier molecular flexibility index (Phi) is 4.10. The molecule has 3 heterocycles. The molecule has 0 saturated heterocycles. The van der Waals surface area contributed by atoms with Gasteiger partial charge in [0.2, 0.25) is 5.78 Å². The zero-order valence-electron chi connectivity index (χ0n) is 13.8. The fourth-order valence-electron chi connectivity index (χ4n) is 2.52. The van der Waals surface area contributed by atoms with E-state index in [-0.39, 0.29) is 0 Å². The third-order valence-electron chi connectivity index (χ3n) is 3.82. The van der Waals surface area contributed by atoms with Gasteiger partial charge >= 0.3 is 0 Å². The lowest BCUT2D eigenvalue weighted by Gasteiger charge is -2.04. The van der Waals surface area contributed by atoms with Gasteiger partial charge in [-0.3, -0.25) is 4.40 Å². The van der Waals surface area contributed by atoms with Gasteiger partial charge in [0.15, 0.2) is 11.0 Å². The maximum absolute atomic E-state index is 5.19. The molecule has 0 N–H and O–H groups in total. The minimum absolute atomic E-state index is 0.704. The number of ether oxygens (including phenoxy) is 1. The van der Waals surface area contributed by atoms with Crippen LogP contribution >= 0.6 is 11.8 Å². The molecule has 4 aromatic rings. The second-order valence-electron chi connectivity index (χ2n) is 5.44. The Morgan fingerprint density at radius 1 is 1.16 bits per heavy atom. The molecule has 0 amide bonds. The summed E-state index contributed by atoms with van der Waals surface area (Å²) in [7, 11) is 3.62. The average molecular weight is 352 g/mol. The Morgan fingerprint density at radius 2 is 2.00 bits per heavy atom. The molecule has 126 valence electrons.